The summed E-state index contributed by atoms with van der Waals surface area (Å²) in [6.45, 7) is 0.814. The molecule has 7 nitrogen and oxygen atoms in total. The van der Waals surface area contributed by atoms with Crippen LogP contribution >= 0.6 is 0 Å². The van der Waals surface area contributed by atoms with Crippen LogP contribution in [0, 0.1) is 5.82 Å². The summed E-state index contributed by atoms with van der Waals surface area (Å²) >= 11 is 0. The molecule has 0 aliphatic heterocycles. The normalized spacial score (nSPS) is 11.7. The van der Waals surface area contributed by atoms with Crippen molar-refractivity contribution in [1.82, 2.24) is 30.0 Å². The maximum atomic E-state index is 14.0. The highest BCUT2D eigenvalue weighted by Gasteiger charge is 2.16. The van der Waals surface area contributed by atoms with E-state index >= 15 is 0 Å². The third-order valence-corrected chi connectivity index (χ3v) is 6.15. The van der Waals surface area contributed by atoms with Gasteiger partial charge >= 0.3 is 0 Å². The zero-order valence-corrected chi connectivity index (χ0v) is 19.7. The lowest BCUT2D eigenvalue weighted by molar-refractivity contribution is 0.402. The quantitative estimate of drug-likeness (QED) is 0.294. The zero-order valence-electron chi connectivity index (χ0n) is 19.7. The second-order valence-electron chi connectivity index (χ2n) is 9.15. The molecular weight excluding hydrogens is 455 g/mol. The van der Waals surface area contributed by atoms with Crippen molar-refractivity contribution in [2.75, 3.05) is 14.1 Å². The van der Waals surface area contributed by atoms with Gasteiger partial charge in [0.15, 0.2) is 0 Å². The Labute approximate surface area is 206 Å². The van der Waals surface area contributed by atoms with Crippen molar-refractivity contribution in [3.8, 4) is 39.5 Å². The summed E-state index contributed by atoms with van der Waals surface area (Å²) in [6.07, 6.45) is 5.42. The van der Waals surface area contributed by atoms with Crippen LogP contribution in [-0.2, 0) is 6.54 Å². The molecule has 178 valence electrons. The Hall–Kier alpha value is -4.56. The van der Waals surface area contributed by atoms with E-state index in [9.17, 15) is 9.50 Å². The van der Waals surface area contributed by atoms with E-state index in [1.165, 1.54) is 12.1 Å². The van der Waals surface area contributed by atoms with E-state index in [0.717, 1.165) is 62.5 Å². The van der Waals surface area contributed by atoms with Crippen molar-refractivity contribution in [3.05, 3.63) is 84.6 Å². The highest BCUT2D eigenvalue weighted by Crippen LogP contribution is 2.35. The van der Waals surface area contributed by atoms with Crippen molar-refractivity contribution in [2.45, 2.75) is 6.54 Å². The minimum absolute atomic E-state index is 0.144. The average molecular weight is 479 g/mol. The van der Waals surface area contributed by atoms with Crippen LogP contribution < -0.4 is 0 Å². The second kappa shape index (κ2) is 8.58. The number of rotatable bonds is 5. The largest absolute Gasteiger partial charge is 0.508 e. The van der Waals surface area contributed by atoms with Crippen LogP contribution in [0.25, 0.3) is 55.6 Å². The molecule has 8 heteroatoms. The predicted octanol–water partition coefficient (Wildman–Crippen LogP) is 5.74. The van der Waals surface area contributed by atoms with Crippen LogP contribution in [0.15, 0.2) is 73.2 Å². The molecule has 0 atom stereocenters. The van der Waals surface area contributed by atoms with Crippen LogP contribution in [0.2, 0.25) is 0 Å². The number of phenolic OH excluding ortho intramolecular Hbond substituents is 1. The number of hydrogen-bond donors (Lipinski definition) is 3. The summed E-state index contributed by atoms with van der Waals surface area (Å²) in [7, 11) is 4.07. The number of H-pyrrole nitrogens is 2. The van der Waals surface area contributed by atoms with Gasteiger partial charge in [-0.2, -0.15) is 5.10 Å². The number of phenols is 1. The minimum Gasteiger partial charge on any atom is -0.508 e. The fourth-order valence-electron chi connectivity index (χ4n) is 4.62. The van der Waals surface area contributed by atoms with Gasteiger partial charge in [0.1, 0.15) is 17.3 Å². The zero-order chi connectivity index (χ0) is 24.8. The van der Waals surface area contributed by atoms with Gasteiger partial charge in [0, 0.05) is 58.6 Å². The molecule has 0 spiro atoms. The van der Waals surface area contributed by atoms with Crippen LogP contribution in [-0.4, -0.2) is 49.3 Å². The van der Waals surface area contributed by atoms with E-state index in [0.29, 0.717) is 11.3 Å². The molecule has 0 saturated heterocycles. The van der Waals surface area contributed by atoms with Crippen LogP contribution in [0.1, 0.15) is 5.56 Å². The maximum Gasteiger partial charge on any atom is 0.127 e. The molecule has 0 aliphatic carbocycles. The minimum atomic E-state index is -0.519. The third kappa shape index (κ3) is 3.97. The second-order valence-corrected chi connectivity index (χ2v) is 9.15. The van der Waals surface area contributed by atoms with Gasteiger partial charge < -0.3 is 15.0 Å². The number of aromatic hydroxyl groups is 1. The number of aromatic nitrogens is 5. The molecule has 0 aliphatic rings. The number of halogens is 1. The first kappa shape index (κ1) is 21.9. The number of pyridine rings is 2. The van der Waals surface area contributed by atoms with Crippen LogP contribution in [0.5, 0.6) is 5.75 Å². The maximum absolute atomic E-state index is 14.0. The number of nitrogens with one attached hydrogen (secondary N) is 2. The van der Waals surface area contributed by atoms with E-state index in [1.54, 1.807) is 6.20 Å². The van der Waals surface area contributed by atoms with Gasteiger partial charge in [-0.3, -0.25) is 15.1 Å². The van der Waals surface area contributed by atoms with Gasteiger partial charge in [0.25, 0.3) is 0 Å². The molecular formula is C28H23FN6O. The number of hydrogen-bond acceptors (Lipinski definition) is 5. The van der Waals surface area contributed by atoms with Crippen LogP contribution in [0.4, 0.5) is 4.39 Å². The summed E-state index contributed by atoms with van der Waals surface area (Å²) in [6, 6.07) is 16.1. The summed E-state index contributed by atoms with van der Waals surface area (Å²) in [4.78, 5) is 14.4. The molecule has 0 saturated carbocycles. The molecule has 6 aromatic rings. The Balaban J connectivity index is 1.45. The molecule has 4 aromatic heterocycles. The van der Waals surface area contributed by atoms with Gasteiger partial charge in [-0.1, -0.05) is 6.07 Å². The van der Waals surface area contributed by atoms with Gasteiger partial charge in [-0.15, -0.1) is 0 Å². The van der Waals surface area contributed by atoms with E-state index in [-0.39, 0.29) is 5.75 Å². The first-order valence-electron chi connectivity index (χ1n) is 11.5. The summed E-state index contributed by atoms with van der Waals surface area (Å²) in [5.41, 5.74) is 7.64. The van der Waals surface area contributed by atoms with Crippen molar-refractivity contribution in [2.24, 2.45) is 0 Å². The topological polar surface area (TPSA) is 93.7 Å². The fourth-order valence-corrected chi connectivity index (χ4v) is 4.62. The predicted molar refractivity (Wildman–Crippen MR) is 139 cm³/mol. The smallest absolute Gasteiger partial charge is 0.127 e. The molecule has 0 bridgehead atoms. The SMILES string of the molecule is CN(C)Cc1cncc(-c2ccc3[nH]nc(-c4cc5c(-c6cc(O)cc(F)c6)nccc5[nH]4)c3c2)c1. The lowest BCUT2D eigenvalue weighted by Crippen LogP contribution is -2.10. The molecule has 0 amide bonds. The highest BCUT2D eigenvalue weighted by atomic mass is 19.1. The van der Waals surface area contributed by atoms with Crippen molar-refractivity contribution < 1.29 is 9.50 Å². The van der Waals surface area contributed by atoms with Gasteiger partial charge in [-0.05, 0) is 67.7 Å². The molecule has 0 fully saturated rings. The highest BCUT2D eigenvalue weighted by molar-refractivity contribution is 6.00. The van der Waals surface area contributed by atoms with Gasteiger partial charge in [0.2, 0.25) is 0 Å². The number of aromatic amines is 2. The van der Waals surface area contributed by atoms with Crippen molar-refractivity contribution >= 4 is 21.8 Å². The number of nitrogens with zero attached hydrogens (tertiary/aromatic N) is 4. The van der Waals surface area contributed by atoms with Gasteiger partial charge in [0.05, 0.1) is 16.9 Å². The lowest BCUT2D eigenvalue weighted by Gasteiger charge is -2.10. The standard InChI is InChI=1S/C28H23FN6O/c1-35(2)15-16-7-19(14-30-13-16)17-3-4-25-22(10-17)28(34-33-25)26-12-23-24(32-26)5-6-31-27(23)18-8-20(29)11-21(36)9-18/h3-14,32,36H,15H2,1-2H3,(H,33,34). The first-order valence-corrected chi connectivity index (χ1v) is 11.5. The summed E-state index contributed by atoms with van der Waals surface area (Å²) in [5.74, 6) is -0.663. The molecule has 0 radical (unpaired) electrons. The van der Waals surface area contributed by atoms with E-state index in [2.05, 4.69) is 48.2 Å². The number of benzene rings is 2. The first-order chi connectivity index (χ1) is 17.4. The number of fused-ring (bicyclic) bond motifs is 2. The molecule has 3 N–H and O–H groups in total. The molecule has 0 unspecified atom stereocenters. The Morgan fingerprint density at radius 1 is 0.861 bits per heavy atom. The van der Waals surface area contributed by atoms with Crippen LogP contribution in [0.3, 0.4) is 0 Å². The van der Waals surface area contributed by atoms with Gasteiger partial charge in [-0.25, -0.2) is 4.39 Å². The Kier molecular flexibility index (Phi) is 5.23. The third-order valence-electron chi connectivity index (χ3n) is 6.15. The van der Waals surface area contributed by atoms with E-state index in [4.69, 9.17) is 0 Å². The Bertz CT molecular complexity index is 1720. The van der Waals surface area contributed by atoms with Crippen molar-refractivity contribution in [1.29, 1.82) is 0 Å². The molecule has 36 heavy (non-hydrogen) atoms. The Morgan fingerprint density at radius 2 is 1.72 bits per heavy atom. The molecule has 6 rings (SSSR count). The summed E-state index contributed by atoms with van der Waals surface area (Å²) in [5, 5.41) is 19.4. The summed E-state index contributed by atoms with van der Waals surface area (Å²) < 4.78 is 14.0. The Morgan fingerprint density at radius 3 is 2.56 bits per heavy atom. The average Bonchev–Trinajstić information content (AvgIpc) is 3.46. The van der Waals surface area contributed by atoms with Crippen molar-refractivity contribution in [3.63, 3.8) is 0 Å². The monoisotopic (exact) mass is 478 g/mol. The lowest BCUT2D eigenvalue weighted by atomic mass is 10.0. The molecule has 4 heterocycles. The molecule has 2 aromatic carbocycles. The fraction of sp³-hybridized carbons (Fsp3) is 0.107. The van der Waals surface area contributed by atoms with E-state index < -0.39 is 5.82 Å². The van der Waals surface area contributed by atoms with E-state index in [1.807, 2.05) is 44.7 Å².